The van der Waals surface area contributed by atoms with Crippen molar-refractivity contribution in [1.82, 2.24) is 5.32 Å². The summed E-state index contributed by atoms with van der Waals surface area (Å²) in [5.41, 5.74) is 2.06. The van der Waals surface area contributed by atoms with Crippen molar-refractivity contribution in [3.63, 3.8) is 0 Å². The van der Waals surface area contributed by atoms with Crippen molar-refractivity contribution in [2.24, 2.45) is 0 Å². The second-order valence-electron chi connectivity index (χ2n) is 4.52. The Balaban J connectivity index is 1.99. The molecule has 0 bridgehead atoms. The molecule has 0 spiro atoms. The molecule has 0 amide bonds. The zero-order chi connectivity index (χ0) is 15.2. The maximum atomic E-state index is 6.18. The maximum absolute atomic E-state index is 6.18. The van der Waals surface area contributed by atoms with Gasteiger partial charge in [0.1, 0.15) is 0 Å². The van der Waals surface area contributed by atoms with Crippen LogP contribution >= 0.6 is 34.8 Å². The van der Waals surface area contributed by atoms with Gasteiger partial charge in [0.25, 0.3) is 0 Å². The third kappa shape index (κ3) is 4.52. The van der Waals surface area contributed by atoms with E-state index < -0.39 is 0 Å². The fraction of sp³-hybridized carbons (Fsp3) is 0.250. The zero-order valence-electron chi connectivity index (χ0n) is 11.6. The lowest BCUT2D eigenvalue weighted by atomic mass is 10.2. The molecule has 0 aromatic heterocycles. The molecule has 5 heteroatoms. The molecule has 2 aromatic carbocycles. The number of hydrogen-bond donors (Lipinski definition) is 1. The molecule has 0 unspecified atom stereocenters. The lowest BCUT2D eigenvalue weighted by Crippen LogP contribution is -2.13. The predicted octanol–water partition coefficient (Wildman–Crippen LogP) is 5.34. The molecule has 1 N–H and O–H groups in total. The number of nitrogens with one attached hydrogen (secondary N) is 1. The number of hydrogen-bond acceptors (Lipinski definition) is 2. The van der Waals surface area contributed by atoms with Gasteiger partial charge in [-0.2, -0.15) is 0 Å². The van der Waals surface area contributed by atoms with Crippen molar-refractivity contribution in [1.29, 1.82) is 0 Å². The van der Waals surface area contributed by atoms with Crippen molar-refractivity contribution in [2.75, 3.05) is 6.61 Å². The van der Waals surface area contributed by atoms with Crippen molar-refractivity contribution in [3.05, 3.63) is 62.6 Å². The minimum atomic E-state index is 0.527. The standard InChI is InChI=1S/C16H16Cl3NO/c1-2-21-16-14(18)7-11(8-15(16)19)9-20-10-12-5-3-4-6-13(12)17/h3-8,20H,2,9-10H2,1H3. The summed E-state index contributed by atoms with van der Waals surface area (Å²) in [5.74, 6) is 0.538. The molecule has 0 radical (unpaired) electrons. The Kier molecular flexibility index (Phi) is 6.19. The maximum Gasteiger partial charge on any atom is 0.156 e. The highest BCUT2D eigenvalue weighted by atomic mass is 35.5. The van der Waals surface area contributed by atoms with Crippen molar-refractivity contribution >= 4 is 34.8 Å². The van der Waals surface area contributed by atoms with E-state index in [9.17, 15) is 0 Å². The molecule has 0 saturated heterocycles. The first-order valence-electron chi connectivity index (χ1n) is 6.66. The Hall–Kier alpha value is -0.930. The van der Waals surface area contributed by atoms with Gasteiger partial charge in [0.2, 0.25) is 0 Å². The third-order valence-corrected chi connectivity index (χ3v) is 3.88. The largest absolute Gasteiger partial charge is 0.491 e. The van der Waals surface area contributed by atoms with Gasteiger partial charge < -0.3 is 10.1 Å². The van der Waals surface area contributed by atoms with Gasteiger partial charge in [-0.25, -0.2) is 0 Å². The number of benzene rings is 2. The SMILES string of the molecule is CCOc1c(Cl)cc(CNCc2ccccc2Cl)cc1Cl. The molecule has 2 rings (SSSR count). The van der Waals surface area contributed by atoms with Gasteiger partial charge in [-0.05, 0) is 36.2 Å². The molecule has 112 valence electrons. The van der Waals surface area contributed by atoms with Crippen LogP contribution in [0.15, 0.2) is 36.4 Å². The number of rotatable bonds is 6. The highest BCUT2D eigenvalue weighted by Gasteiger charge is 2.09. The lowest BCUT2D eigenvalue weighted by Gasteiger charge is -2.11. The first-order valence-corrected chi connectivity index (χ1v) is 7.80. The Morgan fingerprint density at radius 1 is 0.952 bits per heavy atom. The van der Waals surface area contributed by atoms with E-state index in [4.69, 9.17) is 39.5 Å². The van der Waals surface area contributed by atoms with E-state index in [-0.39, 0.29) is 0 Å². The van der Waals surface area contributed by atoms with Crippen LogP contribution in [0.3, 0.4) is 0 Å². The summed E-state index contributed by atoms with van der Waals surface area (Å²) >= 11 is 18.5. The van der Waals surface area contributed by atoms with Crippen LogP contribution in [-0.4, -0.2) is 6.61 Å². The number of halogens is 3. The van der Waals surface area contributed by atoms with Crippen LogP contribution in [0.1, 0.15) is 18.1 Å². The van der Waals surface area contributed by atoms with E-state index in [1.165, 1.54) is 0 Å². The highest BCUT2D eigenvalue weighted by molar-refractivity contribution is 6.37. The fourth-order valence-electron chi connectivity index (χ4n) is 1.98. The Morgan fingerprint density at radius 3 is 2.24 bits per heavy atom. The lowest BCUT2D eigenvalue weighted by molar-refractivity contribution is 0.340. The molecule has 2 nitrogen and oxygen atoms in total. The molecule has 0 fully saturated rings. The molecule has 21 heavy (non-hydrogen) atoms. The van der Waals surface area contributed by atoms with Gasteiger partial charge in [0.05, 0.1) is 16.7 Å². The monoisotopic (exact) mass is 343 g/mol. The van der Waals surface area contributed by atoms with Gasteiger partial charge in [0, 0.05) is 18.1 Å². The summed E-state index contributed by atoms with van der Waals surface area (Å²) in [6.45, 7) is 3.76. The second-order valence-corrected chi connectivity index (χ2v) is 5.74. The molecule has 0 saturated carbocycles. The van der Waals surface area contributed by atoms with Crippen LogP contribution in [0, 0.1) is 0 Å². The fourth-order valence-corrected chi connectivity index (χ4v) is 2.82. The average Bonchev–Trinajstić information content (AvgIpc) is 2.45. The van der Waals surface area contributed by atoms with Crippen LogP contribution in [0.5, 0.6) is 5.75 Å². The summed E-state index contributed by atoms with van der Waals surface area (Å²) in [4.78, 5) is 0. The number of ether oxygens (including phenoxy) is 1. The van der Waals surface area contributed by atoms with Gasteiger partial charge >= 0.3 is 0 Å². The molecule has 0 aliphatic carbocycles. The summed E-state index contributed by atoms with van der Waals surface area (Å²) < 4.78 is 5.41. The first kappa shape index (κ1) is 16.4. The van der Waals surface area contributed by atoms with E-state index in [0.29, 0.717) is 35.5 Å². The van der Waals surface area contributed by atoms with Crippen molar-refractivity contribution < 1.29 is 4.74 Å². The van der Waals surface area contributed by atoms with E-state index >= 15 is 0 Å². The highest BCUT2D eigenvalue weighted by Crippen LogP contribution is 2.34. The molecular formula is C16H16Cl3NO. The first-order chi connectivity index (χ1) is 10.1. The summed E-state index contributed by atoms with van der Waals surface area (Å²) in [5, 5.41) is 5.13. The summed E-state index contributed by atoms with van der Waals surface area (Å²) in [6.07, 6.45) is 0. The summed E-state index contributed by atoms with van der Waals surface area (Å²) in [7, 11) is 0. The topological polar surface area (TPSA) is 21.3 Å². The minimum Gasteiger partial charge on any atom is -0.491 e. The van der Waals surface area contributed by atoms with E-state index in [2.05, 4.69) is 5.32 Å². The Labute approximate surface area is 140 Å². The van der Waals surface area contributed by atoms with Crippen LogP contribution in [0.25, 0.3) is 0 Å². The quantitative estimate of drug-likeness (QED) is 0.764. The van der Waals surface area contributed by atoms with E-state index in [0.717, 1.165) is 16.1 Å². The molecule has 0 aliphatic rings. The van der Waals surface area contributed by atoms with Crippen LogP contribution in [0.4, 0.5) is 0 Å². The van der Waals surface area contributed by atoms with Gasteiger partial charge in [0.15, 0.2) is 5.75 Å². The van der Waals surface area contributed by atoms with Gasteiger partial charge in [-0.1, -0.05) is 53.0 Å². The van der Waals surface area contributed by atoms with Crippen molar-refractivity contribution in [2.45, 2.75) is 20.0 Å². The normalized spacial score (nSPS) is 10.7. The average molecular weight is 345 g/mol. The molecule has 2 aromatic rings. The molecule has 0 aliphatic heterocycles. The molecule has 0 heterocycles. The zero-order valence-corrected chi connectivity index (χ0v) is 13.9. The van der Waals surface area contributed by atoms with Crippen LogP contribution in [-0.2, 0) is 13.1 Å². The molecular weight excluding hydrogens is 329 g/mol. The second kappa shape index (κ2) is 7.90. The summed E-state index contributed by atoms with van der Waals surface area (Å²) in [6, 6.07) is 11.5. The minimum absolute atomic E-state index is 0.527. The van der Waals surface area contributed by atoms with Crippen molar-refractivity contribution in [3.8, 4) is 5.75 Å². The third-order valence-electron chi connectivity index (χ3n) is 2.95. The van der Waals surface area contributed by atoms with Gasteiger partial charge in [-0.15, -0.1) is 0 Å². The van der Waals surface area contributed by atoms with E-state index in [1.54, 1.807) is 0 Å². The van der Waals surface area contributed by atoms with Gasteiger partial charge in [-0.3, -0.25) is 0 Å². The van der Waals surface area contributed by atoms with E-state index in [1.807, 2.05) is 43.3 Å². The van der Waals surface area contributed by atoms with Crippen LogP contribution in [0.2, 0.25) is 15.1 Å². The smallest absolute Gasteiger partial charge is 0.156 e. The molecule has 0 atom stereocenters. The van der Waals surface area contributed by atoms with Crippen LogP contribution < -0.4 is 10.1 Å². The predicted molar refractivity (Wildman–Crippen MR) is 89.6 cm³/mol. The Morgan fingerprint density at radius 2 is 1.62 bits per heavy atom. The Bertz CT molecular complexity index is 593.